The molecule has 0 unspecified atom stereocenters. The zero-order valence-corrected chi connectivity index (χ0v) is 16.6. The number of hydrogen-bond acceptors (Lipinski definition) is 5. The van der Waals surface area contributed by atoms with E-state index in [0.29, 0.717) is 24.3 Å². The highest BCUT2D eigenvalue weighted by Crippen LogP contribution is 2.18. The van der Waals surface area contributed by atoms with Crippen molar-refractivity contribution in [2.45, 2.75) is 6.42 Å². The number of methoxy groups -OCH3 is 1. The summed E-state index contributed by atoms with van der Waals surface area (Å²) in [5.74, 6) is -0.228. The van der Waals surface area contributed by atoms with E-state index >= 15 is 0 Å². The maximum Gasteiger partial charge on any atom is 0.331 e. The molecule has 1 N–H and O–H groups in total. The number of aromatic nitrogens is 2. The Labute approximate surface area is 172 Å². The lowest BCUT2D eigenvalue weighted by Gasteiger charge is -2.06. The number of amides is 1. The summed E-state index contributed by atoms with van der Waals surface area (Å²) in [4.78, 5) is 27.9. The normalized spacial score (nSPS) is 11.0. The topological polar surface area (TPSA) is 81.9 Å². The fourth-order valence-electron chi connectivity index (χ4n) is 2.66. The lowest BCUT2D eigenvalue weighted by Crippen LogP contribution is -2.30. The van der Waals surface area contributed by atoms with Gasteiger partial charge < -0.3 is 14.8 Å². The van der Waals surface area contributed by atoms with Gasteiger partial charge in [-0.3, -0.25) is 9.20 Å². The Balaban J connectivity index is 1.43. The Morgan fingerprint density at radius 2 is 2.00 bits per heavy atom. The largest absolute Gasteiger partial charge is 0.497 e. The van der Waals surface area contributed by atoms with Crippen molar-refractivity contribution < 1.29 is 19.1 Å². The zero-order valence-electron chi connectivity index (χ0n) is 15.8. The van der Waals surface area contributed by atoms with Crippen molar-refractivity contribution in [2.24, 2.45) is 0 Å². The molecule has 0 saturated heterocycles. The Kier molecular flexibility index (Phi) is 6.86. The van der Waals surface area contributed by atoms with E-state index in [2.05, 4.69) is 10.3 Å². The number of nitrogens with one attached hydrogen (secondary N) is 1. The molecule has 0 spiro atoms. The van der Waals surface area contributed by atoms with Crippen LogP contribution in [0, 0.1) is 0 Å². The van der Waals surface area contributed by atoms with Gasteiger partial charge in [-0.1, -0.05) is 29.8 Å². The van der Waals surface area contributed by atoms with Gasteiger partial charge in [0.1, 0.15) is 11.4 Å². The van der Waals surface area contributed by atoms with Crippen molar-refractivity contribution in [3.05, 3.63) is 71.1 Å². The van der Waals surface area contributed by atoms with Crippen LogP contribution < -0.4 is 10.1 Å². The monoisotopic (exact) mass is 413 g/mol. The SMILES string of the molecule is COc1ccc(CCNC(=O)COC(=O)/C=C/c2c(Cl)nc3ccccn23)cc1. The van der Waals surface area contributed by atoms with Gasteiger partial charge >= 0.3 is 5.97 Å². The number of pyridine rings is 1. The van der Waals surface area contributed by atoms with Gasteiger partial charge in [-0.05, 0) is 42.3 Å². The Bertz CT molecular complexity index is 1030. The number of halogens is 1. The Morgan fingerprint density at radius 3 is 2.76 bits per heavy atom. The van der Waals surface area contributed by atoms with E-state index in [0.717, 1.165) is 11.3 Å². The van der Waals surface area contributed by atoms with E-state index in [9.17, 15) is 9.59 Å². The second-order valence-electron chi connectivity index (χ2n) is 6.11. The van der Waals surface area contributed by atoms with Crippen molar-refractivity contribution >= 4 is 35.2 Å². The van der Waals surface area contributed by atoms with Gasteiger partial charge in [0.05, 0.1) is 12.8 Å². The molecular weight excluding hydrogens is 394 g/mol. The van der Waals surface area contributed by atoms with E-state index in [1.165, 1.54) is 12.2 Å². The molecule has 0 aliphatic rings. The van der Waals surface area contributed by atoms with Crippen molar-refractivity contribution in [1.82, 2.24) is 14.7 Å². The highest BCUT2D eigenvalue weighted by Gasteiger charge is 2.09. The summed E-state index contributed by atoms with van der Waals surface area (Å²) in [6, 6.07) is 13.1. The lowest BCUT2D eigenvalue weighted by molar-refractivity contribution is -0.143. The molecule has 150 valence electrons. The van der Waals surface area contributed by atoms with E-state index < -0.39 is 5.97 Å². The molecule has 29 heavy (non-hydrogen) atoms. The third-order valence-corrected chi connectivity index (χ3v) is 4.42. The Morgan fingerprint density at radius 1 is 1.21 bits per heavy atom. The summed E-state index contributed by atoms with van der Waals surface area (Å²) < 4.78 is 11.8. The van der Waals surface area contributed by atoms with Gasteiger partial charge in [-0.15, -0.1) is 0 Å². The van der Waals surface area contributed by atoms with Crippen LogP contribution >= 0.6 is 11.6 Å². The van der Waals surface area contributed by atoms with E-state index in [1.807, 2.05) is 36.4 Å². The summed E-state index contributed by atoms with van der Waals surface area (Å²) >= 11 is 6.10. The molecule has 0 aliphatic carbocycles. The number of benzene rings is 1. The summed E-state index contributed by atoms with van der Waals surface area (Å²) in [6.07, 6.45) is 5.17. The summed E-state index contributed by atoms with van der Waals surface area (Å²) in [7, 11) is 1.61. The van der Waals surface area contributed by atoms with Crippen LogP contribution in [-0.2, 0) is 20.7 Å². The molecule has 0 fully saturated rings. The average Bonchev–Trinajstić information content (AvgIpc) is 3.06. The first-order chi connectivity index (χ1) is 14.1. The second-order valence-corrected chi connectivity index (χ2v) is 6.46. The van der Waals surface area contributed by atoms with Crippen LogP contribution in [0.25, 0.3) is 11.7 Å². The third-order valence-electron chi connectivity index (χ3n) is 4.14. The van der Waals surface area contributed by atoms with Gasteiger partial charge in [0, 0.05) is 18.8 Å². The minimum Gasteiger partial charge on any atom is -0.497 e. The predicted octanol–water partition coefficient (Wildman–Crippen LogP) is 2.91. The smallest absolute Gasteiger partial charge is 0.331 e. The molecule has 1 aromatic carbocycles. The Hall–Kier alpha value is -3.32. The fraction of sp³-hybridized carbons (Fsp3) is 0.190. The summed E-state index contributed by atoms with van der Waals surface area (Å²) in [5, 5.41) is 2.99. The lowest BCUT2D eigenvalue weighted by atomic mass is 10.1. The molecule has 0 saturated carbocycles. The average molecular weight is 414 g/mol. The predicted molar refractivity (Wildman–Crippen MR) is 110 cm³/mol. The number of nitrogens with zero attached hydrogens (tertiary/aromatic N) is 2. The van der Waals surface area contributed by atoms with Crippen molar-refractivity contribution in [2.75, 3.05) is 20.3 Å². The zero-order chi connectivity index (χ0) is 20.6. The number of fused-ring (bicyclic) bond motifs is 1. The van der Waals surface area contributed by atoms with Crippen LogP contribution in [0.2, 0.25) is 5.15 Å². The van der Waals surface area contributed by atoms with Crippen LogP contribution in [0.3, 0.4) is 0 Å². The maximum atomic E-state index is 11.9. The number of imidazole rings is 1. The van der Waals surface area contributed by atoms with Crippen LogP contribution in [0.1, 0.15) is 11.3 Å². The van der Waals surface area contributed by atoms with Crippen molar-refractivity contribution in [3.63, 3.8) is 0 Å². The molecule has 0 atom stereocenters. The fourth-order valence-corrected chi connectivity index (χ4v) is 2.90. The van der Waals surface area contributed by atoms with Crippen LogP contribution in [0.5, 0.6) is 5.75 Å². The summed E-state index contributed by atoms with van der Waals surface area (Å²) in [5.41, 5.74) is 2.29. The third kappa shape index (κ3) is 5.58. The summed E-state index contributed by atoms with van der Waals surface area (Å²) in [6.45, 7) is 0.0860. The number of hydrogen-bond donors (Lipinski definition) is 1. The minimum atomic E-state index is -0.641. The van der Waals surface area contributed by atoms with Crippen LogP contribution in [0.4, 0.5) is 0 Å². The first kappa shape index (κ1) is 20.4. The number of rotatable bonds is 8. The standard InChI is InChI=1S/C21H20ClN3O4/c1-28-16-7-5-15(6-8-16)11-12-23-19(26)14-29-20(27)10-9-17-21(22)24-18-4-2-3-13-25(17)18/h2-10,13H,11-12,14H2,1H3,(H,23,26)/b10-9+. The van der Waals surface area contributed by atoms with E-state index in [1.54, 1.807) is 23.8 Å². The van der Waals surface area contributed by atoms with Crippen LogP contribution in [-0.4, -0.2) is 41.5 Å². The number of esters is 1. The molecule has 8 heteroatoms. The molecule has 7 nitrogen and oxygen atoms in total. The molecule has 3 rings (SSSR count). The first-order valence-electron chi connectivity index (χ1n) is 8.94. The molecule has 0 aliphatic heterocycles. The highest BCUT2D eigenvalue weighted by atomic mass is 35.5. The number of ether oxygens (including phenoxy) is 2. The maximum absolute atomic E-state index is 11.9. The van der Waals surface area contributed by atoms with E-state index in [-0.39, 0.29) is 17.7 Å². The molecular formula is C21H20ClN3O4. The van der Waals surface area contributed by atoms with Gasteiger partial charge in [0.2, 0.25) is 0 Å². The molecule has 0 bridgehead atoms. The number of carbonyl (C=O) groups excluding carboxylic acids is 2. The quantitative estimate of drug-likeness (QED) is 0.453. The van der Waals surface area contributed by atoms with Gasteiger partial charge in [-0.25, -0.2) is 9.78 Å². The first-order valence-corrected chi connectivity index (χ1v) is 9.31. The molecule has 1 amide bonds. The van der Waals surface area contributed by atoms with Gasteiger partial charge in [-0.2, -0.15) is 0 Å². The molecule has 2 aromatic heterocycles. The van der Waals surface area contributed by atoms with Crippen molar-refractivity contribution in [1.29, 1.82) is 0 Å². The minimum absolute atomic E-state index is 0.275. The molecule has 0 radical (unpaired) electrons. The van der Waals surface area contributed by atoms with Crippen molar-refractivity contribution in [3.8, 4) is 5.75 Å². The van der Waals surface area contributed by atoms with Crippen LogP contribution in [0.15, 0.2) is 54.7 Å². The molecule has 3 aromatic rings. The van der Waals surface area contributed by atoms with E-state index in [4.69, 9.17) is 21.1 Å². The second kappa shape index (κ2) is 9.75. The van der Waals surface area contributed by atoms with Gasteiger partial charge in [0.25, 0.3) is 5.91 Å². The highest BCUT2D eigenvalue weighted by molar-refractivity contribution is 6.31. The van der Waals surface area contributed by atoms with Gasteiger partial charge in [0.15, 0.2) is 11.8 Å². The number of carbonyl (C=O) groups is 2. The molecule has 2 heterocycles.